The Balaban J connectivity index is 2.08. The summed E-state index contributed by atoms with van der Waals surface area (Å²) in [5.41, 5.74) is 1.49. The molecule has 5 nitrogen and oxygen atoms in total. The van der Waals surface area contributed by atoms with Crippen molar-refractivity contribution in [1.29, 1.82) is 5.26 Å². The van der Waals surface area contributed by atoms with Crippen molar-refractivity contribution in [1.82, 2.24) is 9.36 Å². The molecule has 0 aliphatic carbocycles. The molecule has 116 valence electrons. The van der Waals surface area contributed by atoms with Crippen molar-refractivity contribution < 1.29 is 17.9 Å². The van der Waals surface area contributed by atoms with Crippen LogP contribution in [-0.2, 0) is 6.54 Å². The Labute approximate surface area is 128 Å². The van der Waals surface area contributed by atoms with Crippen LogP contribution >= 0.6 is 11.5 Å². The second kappa shape index (κ2) is 6.62. The molecule has 0 fully saturated rings. The summed E-state index contributed by atoms with van der Waals surface area (Å²) < 4.78 is 45.4. The number of ether oxygens (including phenoxy) is 1. The Morgan fingerprint density at radius 1 is 1.45 bits per heavy atom. The highest BCUT2D eigenvalue weighted by atomic mass is 32.1. The number of nitrogens with zero attached hydrogens (tertiary/aromatic N) is 3. The van der Waals surface area contributed by atoms with Crippen LogP contribution in [0.3, 0.4) is 0 Å². The Hall–Kier alpha value is -2.34. The first-order chi connectivity index (χ1) is 10.4. The predicted molar refractivity (Wildman–Crippen MR) is 74.7 cm³/mol. The Morgan fingerprint density at radius 2 is 2.23 bits per heavy atom. The summed E-state index contributed by atoms with van der Waals surface area (Å²) in [4.78, 5) is 3.80. The minimum absolute atomic E-state index is 0.0907. The number of hydrogen-bond acceptors (Lipinski definition) is 6. The van der Waals surface area contributed by atoms with Crippen molar-refractivity contribution in [3.05, 3.63) is 35.2 Å². The van der Waals surface area contributed by atoms with Crippen molar-refractivity contribution in [2.75, 3.05) is 11.9 Å². The quantitative estimate of drug-likeness (QED) is 0.912. The number of nitriles is 1. The van der Waals surface area contributed by atoms with Crippen LogP contribution < -0.4 is 10.1 Å². The van der Waals surface area contributed by atoms with Gasteiger partial charge in [0.05, 0.1) is 5.69 Å². The standard InChI is InChI=1S/C13H11F3N4OS/c1-8-10(5-17)12(22-20-8)19-6-9-3-2-4-18-11(9)21-7-13(14,15)16/h2-4,19H,6-7H2,1H3. The molecule has 0 radical (unpaired) electrons. The van der Waals surface area contributed by atoms with Crippen molar-refractivity contribution in [2.45, 2.75) is 19.6 Å². The lowest BCUT2D eigenvalue weighted by Crippen LogP contribution is -2.20. The smallest absolute Gasteiger partial charge is 0.422 e. The summed E-state index contributed by atoms with van der Waals surface area (Å²) in [5, 5.41) is 12.6. The van der Waals surface area contributed by atoms with Crippen molar-refractivity contribution in [2.24, 2.45) is 0 Å². The average Bonchev–Trinajstić information content (AvgIpc) is 2.83. The first-order valence-corrected chi connectivity index (χ1v) is 6.91. The van der Waals surface area contributed by atoms with Crippen molar-refractivity contribution >= 4 is 16.5 Å². The molecule has 0 saturated heterocycles. The molecule has 0 spiro atoms. The topological polar surface area (TPSA) is 70.8 Å². The van der Waals surface area contributed by atoms with E-state index in [2.05, 4.69) is 14.7 Å². The van der Waals surface area contributed by atoms with Gasteiger partial charge in [-0.1, -0.05) is 6.07 Å². The lowest BCUT2D eigenvalue weighted by atomic mass is 10.2. The Morgan fingerprint density at radius 3 is 2.91 bits per heavy atom. The molecule has 0 atom stereocenters. The molecule has 1 N–H and O–H groups in total. The maximum absolute atomic E-state index is 12.2. The van der Waals surface area contributed by atoms with E-state index in [9.17, 15) is 13.2 Å². The van der Waals surface area contributed by atoms with Gasteiger partial charge in [0.15, 0.2) is 6.61 Å². The van der Waals surface area contributed by atoms with Gasteiger partial charge in [0.2, 0.25) is 5.88 Å². The molecule has 2 aromatic heterocycles. The fourth-order valence-corrected chi connectivity index (χ4v) is 2.38. The summed E-state index contributed by atoms with van der Waals surface area (Å²) in [5.74, 6) is -0.0907. The highest BCUT2D eigenvalue weighted by molar-refractivity contribution is 7.10. The second-order valence-corrected chi connectivity index (χ2v) is 5.08. The molecule has 9 heteroatoms. The van der Waals surface area contributed by atoms with E-state index < -0.39 is 12.8 Å². The van der Waals surface area contributed by atoms with E-state index in [1.807, 2.05) is 6.07 Å². The van der Waals surface area contributed by atoms with Gasteiger partial charge in [0.25, 0.3) is 0 Å². The summed E-state index contributed by atoms with van der Waals surface area (Å²) >= 11 is 1.12. The molecule has 0 aliphatic heterocycles. The predicted octanol–water partition coefficient (Wildman–Crippen LogP) is 3.27. The van der Waals surface area contributed by atoms with Gasteiger partial charge >= 0.3 is 6.18 Å². The summed E-state index contributed by atoms with van der Waals surface area (Å²) in [6, 6.07) is 5.23. The van der Waals surface area contributed by atoms with Crippen LogP contribution in [0.5, 0.6) is 5.88 Å². The van der Waals surface area contributed by atoms with Gasteiger partial charge in [0.1, 0.15) is 16.6 Å². The average molecular weight is 328 g/mol. The Bertz CT molecular complexity index is 693. The largest absolute Gasteiger partial charge is 0.468 e. The fraction of sp³-hybridized carbons (Fsp3) is 0.308. The first kappa shape index (κ1) is 16.0. The molecule has 0 saturated carbocycles. The van der Waals surface area contributed by atoms with Gasteiger partial charge in [-0.05, 0) is 24.5 Å². The van der Waals surface area contributed by atoms with E-state index in [4.69, 9.17) is 10.00 Å². The summed E-state index contributed by atoms with van der Waals surface area (Å²) in [7, 11) is 0. The molecule has 0 bridgehead atoms. The first-order valence-electron chi connectivity index (χ1n) is 6.14. The Kier molecular flexibility index (Phi) is 4.82. The number of alkyl halides is 3. The molecular formula is C13H11F3N4OS. The van der Waals surface area contributed by atoms with Crippen LogP contribution in [0.4, 0.5) is 18.2 Å². The number of anilines is 1. The lowest BCUT2D eigenvalue weighted by molar-refractivity contribution is -0.154. The summed E-state index contributed by atoms with van der Waals surface area (Å²) in [6.45, 7) is 0.486. The molecule has 0 aliphatic rings. The molecule has 0 amide bonds. The molecule has 22 heavy (non-hydrogen) atoms. The molecule has 2 aromatic rings. The maximum Gasteiger partial charge on any atom is 0.422 e. The van der Waals surface area contributed by atoms with E-state index in [1.165, 1.54) is 6.20 Å². The minimum atomic E-state index is -4.43. The lowest BCUT2D eigenvalue weighted by Gasteiger charge is -2.12. The molecular weight excluding hydrogens is 317 g/mol. The third-order valence-corrected chi connectivity index (χ3v) is 3.53. The molecule has 0 unspecified atom stereocenters. The van der Waals surface area contributed by atoms with Gasteiger partial charge < -0.3 is 10.1 Å². The van der Waals surface area contributed by atoms with E-state index in [0.717, 1.165) is 11.5 Å². The molecule has 2 heterocycles. The normalized spacial score (nSPS) is 11.0. The van der Waals surface area contributed by atoms with Crippen molar-refractivity contribution in [3.8, 4) is 11.9 Å². The van der Waals surface area contributed by atoms with Gasteiger partial charge in [-0.2, -0.15) is 22.8 Å². The SMILES string of the molecule is Cc1nsc(NCc2cccnc2OCC(F)(F)F)c1C#N. The second-order valence-electron chi connectivity index (χ2n) is 4.31. The van der Waals surface area contributed by atoms with E-state index in [0.29, 0.717) is 21.8 Å². The number of aryl methyl sites for hydroxylation is 1. The van der Waals surface area contributed by atoms with Crippen LogP contribution in [-0.4, -0.2) is 22.1 Å². The van der Waals surface area contributed by atoms with Gasteiger partial charge in [-0.15, -0.1) is 0 Å². The third kappa shape index (κ3) is 4.08. The van der Waals surface area contributed by atoms with Crippen LogP contribution in [0, 0.1) is 18.3 Å². The highest BCUT2D eigenvalue weighted by Gasteiger charge is 2.29. The number of nitrogens with one attached hydrogen (secondary N) is 1. The van der Waals surface area contributed by atoms with Gasteiger partial charge in [-0.25, -0.2) is 4.98 Å². The number of hydrogen-bond donors (Lipinski definition) is 1. The third-order valence-electron chi connectivity index (χ3n) is 2.64. The number of aromatic nitrogens is 2. The van der Waals surface area contributed by atoms with Gasteiger partial charge in [-0.3, -0.25) is 0 Å². The van der Waals surface area contributed by atoms with Crippen LogP contribution in [0.15, 0.2) is 18.3 Å². The zero-order valence-corrected chi connectivity index (χ0v) is 12.3. The molecule has 2 rings (SSSR count). The van der Waals surface area contributed by atoms with Crippen LogP contribution in [0.25, 0.3) is 0 Å². The molecule has 0 aromatic carbocycles. The van der Waals surface area contributed by atoms with Crippen molar-refractivity contribution in [3.63, 3.8) is 0 Å². The fourth-order valence-electron chi connectivity index (χ4n) is 1.64. The minimum Gasteiger partial charge on any atom is -0.468 e. The van der Waals surface area contributed by atoms with E-state index >= 15 is 0 Å². The zero-order chi connectivity index (χ0) is 16.2. The van der Waals surface area contributed by atoms with Crippen LogP contribution in [0.1, 0.15) is 16.8 Å². The summed E-state index contributed by atoms with van der Waals surface area (Å²) in [6.07, 6.45) is -3.07. The highest BCUT2D eigenvalue weighted by Crippen LogP contribution is 2.25. The zero-order valence-electron chi connectivity index (χ0n) is 11.4. The number of halogens is 3. The maximum atomic E-state index is 12.2. The van der Waals surface area contributed by atoms with E-state index in [-0.39, 0.29) is 12.4 Å². The van der Waals surface area contributed by atoms with Gasteiger partial charge in [0, 0.05) is 18.3 Å². The van der Waals surface area contributed by atoms with Crippen LogP contribution in [0.2, 0.25) is 0 Å². The van der Waals surface area contributed by atoms with E-state index in [1.54, 1.807) is 19.1 Å². The number of rotatable bonds is 5. The number of pyridine rings is 1. The monoisotopic (exact) mass is 328 g/mol.